The van der Waals surface area contributed by atoms with Crippen molar-refractivity contribution in [2.75, 3.05) is 5.75 Å². The average Bonchev–Trinajstić information content (AvgIpc) is 2.17. The lowest BCUT2D eigenvalue weighted by atomic mass is 10.2. The molecule has 3 nitrogen and oxygen atoms in total. The maximum Gasteiger partial charge on any atom is 0.139 e. The lowest BCUT2D eigenvalue weighted by Gasteiger charge is -2.01. The lowest BCUT2D eigenvalue weighted by Crippen LogP contribution is -2.11. The van der Waals surface area contributed by atoms with E-state index >= 15 is 0 Å². The van der Waals surface area contributed by atoms with Crippen LogP contribution in [-0.2, 0) is 0 Å². The van der Waals surface area contributed by atoms with Crippen LogP contribution in [0.2, 0.25) is 0 Å². The summed E-state index contributed by atoms with van der Waals surface area (Å²) in [7, 11) is 0. The molecule has 0 aliphatic rings. The van der Waals surface area contributed by atoms with Crippen LogP contribution < -0.4 is 5.73 Å². The number of amidine groups is 1. The van der Waals surface area contributed by atoms with Crippen LogP contribution >= 0.6 is 11.8 Å². The summed E-state index contributed by atoms with van der Waals surface area (Å²) in [5.74, 6) is 1.12. The third kappa shape index (κ3) is 3.70. The normalized spacial score (nSPS) is 11.6. The van der Waals surface area contributed by atoms with Gasteiger partial charge in [-0.1, -0.05) is 22.9 Å². The molecule has 0 aromatic heterocycles. The molecule has 0 saturated heterocycles. The molecule has 14 heavy (non-hydrogen) atoms. The molecule has 0 bridgehead atoms. The molecule has 0 unspecified atom stereocenters. The van der Waals surface area contributed by atoms with E-state index in [1.807, 2.05) is 6.07 Å². The quantitative estimate of drug-likeness (QED) is 0.263. The molecule has 0 heterocycles. The van der Waals surface area contributed by atoms with Gasteiger partial charge in [0.2, 0.25) is 0 Å². The zero-order valence-corrected chi connectivity index (χ0v) is 8.92. The Kier molecular flexibility index (Phi) is 4.32. The van der Waals surface area contributed by atoms with Crippen molar-refractivity contribution >= 4 is 17.6 Å². The number of nitrogens with zero attached hydrogens (tertiary/aromatic N) is 1. The highest BCUT2D eigenvalue weighted by Gasteiger charge is 1.96. The Bertz CT molecular complexity index is 326. The number of aryl methyl sites for hydroxylation is 1. The Balaban J connectivity index is 2.39. The molecule has 0 atom stereocenters. The van der Waals surface area contributed by atoms with Gasteiger partial charge in [0, 0.05) is 17.1 Å². The molecule has 3 N–H and O–H groups in total. The third-order valence-corrected chi connectivity index (χ3v) is 2.74. The summed E-state index contributed by atoms with van der Waals surface area (Å²) in [6.07, 6.45) is 0.606. The van der Waals surface area contributed by atoms with Crippen LogP contribution in [0, 0.1) is 6.92 Å². The lowest BCUT2D eigenvalue weighted by molar-refractivity contribution is 0.317. The molecule has 0 aliphatic carbocycles. The molecule has 0 spiro atoms. The molecule has 1 aromatic carbocycles. The van der Waals surface area contributed by atoms with Gasteiger partial charge in [0.05, 0.1) is 0 Å². The van der Waals surface area contributed by atoms with Crippen molar-refractivity contribution < 1.29 is 5.21 Å². The Labute approximate surface area is 88.0 Å². The monoisotopic (exact) mass is 210 g/mol. The second kappa shape index (κ2) is 5.54. The van der Waals surface area contributed by atoms with Gasteiger partial charge in [0.15, 0.2) is 0 Å². The molecule has 1 aromatic rings. The first-order valence-corrected chi connectivity index (χ1v) is 5.37. The van der Waals surface area contributed by atoms with Gasteiger partial charge in [-0.15, -0.1) is 11.8 Å². The fraction of sp³-hybridized carbons (Fsp3) is 0.300. The smallest absolute Gasteiger partial charge is 0.139 e. The standard InChI is InChI=1S/C10H14N2OS/c1-8-3-2-4-9(7-8)14-6-5-10(11)12-13/h2-4,7,13H,5-6H2,1H3,(H2,11,12). The van der Waals surface area contributed by atoms with Crippen LogP contribution in [-0.4, -0.2) is 16.8 Å². The van der Waals surface area contributed by atoms with Crippen LogP contribution in [0.4, 0.5) is 0 Å². The fourth-order valence-corrected chi connectivity index (χ4v) is 2.02. The van der Waals surface area contributed by atoms with E-state index < -0.39 is 0 Å². The minimum Gasteiger partial charge on any atom is -0.409 e. The molecule has 0 amide bonds. The summed E-state index contributed by atoms with van der Waals surface area (Å²) in [4.78, 5) is 1.22. The Morgan fingerprint density at radius 3 is 3.00 bits per heavy atom. The second-order valence-corrected chi connectivity index (χ2v) is 4.17. The highest BCUT2D eigenvalue weighted by atomic mass is 32.2. The van der Waals surface area contributed by atoms with Gasteiger partial charge in [-0.2, -0.15) is 0 Å². The molecule has 4 heteroatoms. The van der Waals surface area contributed by atoms with Crippen molar-refractivity contribution in [2.24, 2.45) is 10.9 Å². The van der Waals surface area contributed by atoms with Crippen molar-refractivity contribution in [1.82, 2.24) is 0 Å². The topological polar surface area (TPSA) is 58.6 Å². The van der Waals surface area contributed by atoms with E-state index in [9.17, 15) is 0 Å². The highest BCUT2D eigenvalue weighted by Crippen LogP contribution is 2.19. The third-order valence-electron chi connectivity index (χ3n) is 1.74. The maximum absolute atomic E-state index is 8.33. The molecular weight excluding hydrogens is 196 g/mol. The summed E-state index contributed by atoms with van der Waals surface area (Å²) in [5, 5.41) is 11.2. The van der Waals surface area contributed by atoms with E-state index in [1.165, 1.54) is 10.5 Å². The summed E-state index contributed by atoms with van der Waals surface area (Å²) in [6, 6.07) is 8.27. The van der Waals surface area contributed by atoms with Crippen LogP contribution in [0.1, 0.15) is 12.0 Å². The van der Waals surface area contributed by atoms with Crippen molar-refractivity contribution in [1.29, 1.82) is 0 Å². The molecule has 0 fully saturated rings. The maximum atomic E-state index is 8.33. The van der Waals surface area contributed by atoms with Crippen molar-refractivity contribution in [3.05, 3.63) is 29.8 Å². The fourth-order valence-electron chi connectivity index (χ4n) is 1.03. The molecular formula is C10H14N2OS. The van der Waals surface area contributed by atoms with Crippen LogP contribution in [0.5, 0.6) is 0 Å². The summed E-state index contributed by atoms with van der Waals surface area (Å²) < 4.78 is 0. The summed E-state index contributed by atoms with van der Waals surface area (Å²) >= 11 is 1.71. The predicted molar refractivity (Wildman–Crippen MR) is 59.9 cm³/mol. The molecule has 0 radical (unpaired) electrons. The van der Waals surface area contributed by atoms with Gasteiger partial charge < -0.3 is 10.9 Å². The van der Waals surface area contributed by atoms with E-state index in [1.54, 1.807) is 11.8 Å². The Hall–Kier alpha value is -1.16. The van der Waals surface area contributed by atoms with Gasteiger partial charge in [-0.25, -0.2) is 0 Å². The van der Waals surface area contributed by atoms with Crippen molar-refractivity contribution in [3.8, 4) is 0 Å². The zero-order chi connectivity index (χ0) is 10.4. The molecule has 76 valence electrons. The highest BCUT2D eigenvalue weighted by molar-refractivity contribution is 7.99. The van der Waals surface area contributed by atoms with Crippen LogP contribution in [0.15, 0.2) is 34.3 Å². The van der Waals surface area contributed by atoms with E-state index in [4.69, 9.17) is 10.9 Å². The minimum absolute atomic E-state index is 0.283. The van der Waals surface area contributed by atoms with Gasteiger partial charge in [-0.3, -0.25) is 0 Å². The number of rotatable bonds is 4. The summed E-state index contributed by atoms with van der Waals surface area (Å²) in [5.41, 5.74) is 6.60. The Morgan fingerprint density at radius 2 is 2.36 bits per heavy atom. The minimum atomic E-state index is 0.283. The number of hydrogen-bond donors (Lipinski definition) is 2. The van der Waals surface area contributed by atoms with Gasteiger partial charge in [0.1, 0.15) is 5.84 Å². The van der Waals surface area contributed by atoms with Gasteiger partial charge >= 0.3 is 0 Å². The van der Waals surface area contributed by atoms with Gasteiger partial charge in [0.25, 0.3) is 0 Å². The van der Waals surface area contributed by atoms with Crippen LogP contribution in [0.25, 0.3) is 0 Å². The molecule has 1 rings (SSSR count). The SMILES string of the molecule is Cc1cccc(SCCC(N)=NO)c1. The van der Waals surface area contributed by atoms with Crippen LogP contribution in [0.3, 0.4) is 0 Å². The number of benzene rings is 1. The van der Waals surface area contributed by atoms with E-state index in [0.29, 0.717) is 6.42 Å². The first-order valence-electron chi connectivity index (χ1n) is 4.38. The first kappa shape index (κ1) is 10.9. The number of thioether (sulfide) groups is 1. The zero-order valence-electron chi connectivity index (χ0n) is 8.10. The van der Waals surface area contributed by atoms with Crippen molar-refractivity contribution in [3.63, 3.8) is 0 Å². The van der Waals surface area contributed by atoms with Crippen molar-refractivity contribution in [2.45, 2.75) is 18.2 Å². The second-order valence-electron chi connectivity index (χ2n) is 3.01. The number of hydrogen-bond acceptors (Lipinski definition) is 3. The first-order chi connectivity index (χ1) is 6.72. The van der Waals surface area contributed by atoms with Gasteiger partial charge in [-0.05, 0) is 19.1 Å². The predicted octanol–water partition coefficient (Wildman–Crippen LogP) is 2.22. The average molecular weight is 210 g/mol. The van der Waals surface area contributed by atoms with E-state index in [0.717, 1.165) is 5.75 Å². The molecule has 0 aliphatic heterocycles. The summed E-state index contributed by atoms with van der Waals surface area (Å²) in [6.45, 7) is 2.06. The Morgan fingerprint density at radius 1 is 1.57 bits per heavy atom. The number of nitrogens with two attached hydrogens (primary N) is 1. The van der Waals surface area contributed by atoms with E-state index in [-0.39, 0.29) is 5.84 Å². The van der Waals surface area contributed by atoms with E-state index in [2.05, 4.69) is 30.3 Å². The largest absolute Gasteiger partial charge is 0.409 e. The number of oxime groups is 1. The molecule has 0 saturated carbocycles.